The monoisotopic (exact) mass is 310 g/mol. The molecule has 2 aromatic heterocycles. The Hall–Kier alpha value is -1.51. The van der Waals surface area contributed by atoms with Crippen LogP contribution in [0.3, 0.4) is 0 Å². The summed E-state index contributed by atoms with van der Waals surface area (Å²) in [5.74, 6) is 0.222. The summed E-state index contributed by atoms with van der Waals surface area (Å²) in [5.41, 5.74) is 0. The van der Waals surface area contributed by atoms with E-state index in [2.05, 4.69) is 20.2 Å². The number of nitrogens with zero attached hydrogens (tertiary/aromatic N) is 2. The molecule has 3 rings (SSSR count). The number of aromatic nitrogens is 2. The molecule has 0 saturated heterocycles. The average molecular weight is 310 g/mol. The van der Waals surface area contributed by atoms with Gasteiger partial charge in [-0.05, 0) is 36.4 Å². The molecule has 2 aromatic rings. The van der Waals surface area contributed by atoms with E-state index >= 15 is 0 Å². The summed E-state index contributed by atoms with van der Waals surface area (Å²) in [6.07, 6.45) is 3.84. The molecule has 2 heterocycles. The van der Waals surface area contributed by atoms with Gasteiger partial charge in [0, 0.05) is 23.7 Å². The van der Waals surface area contributed by atoms with Crippen molar-refractivity contribution in [3.63, 3.8) is 0 Å². The molecule has 106 valence electrons. The Labute approximate surface area is 121 Å². The highest BCUT2D eigenvalue weighted by atomic mass is 32.2. The summed E-state index contributed by atoms with van der Waals surface area (Å²) in [5, 5.41) is 12.5. The third-order valence-corrected chi connectivity index (χ3v) is 5.42. The highest BCUT2D eigenvalue weighted by Crippen LogP contribution is 2.25. The standard InChI is InChI=1S/C12H14N4O2S2/c17-20(18,16-12-2-1-6-14-15-12)11-5-7-19-10(11)8-13-9-3-4-9/h1-2,5-7,9,13H,3-4,8H2,(H,15,16). The van der Waals surface area contributed by atoms with Crippen LogP contribution in [0, 0.1) is 0 Å². The minimum atomic E-state index is -3.61. The maximum atomic E-state index is 12.3. The van der Waals surface area contributed by atoms with Crippen LogP contribution in [0.1, 0.15) is 17.7 Å². The zero-order valence-electron chi connectivity index (χ0n) is 10.6. The minimum absolute atomic E-state index is 0.222. The van der Waals surface area contributed by atoms with Gasteiger partial charge in [-0.2, -0.15) is 5.10 Å². The molecule has 8 heteroatoms. The summed E-state index contributed by atoms with van der Waals surface area (Å²) in [4.78, 5) is 1.12. The van der Waals surface area contributed by atoms with Gasteiger partial charge >= 0.3 is 0 Å². The second-order valence-corrected chi connectivity index (χ2v) is 7.23. The average Bonchev–Trinajstić information content (AvgIpc) is 3.13. The summed E-state index contributed by atoms with van der Waals surface area (Å²) >= 11 is 1.44. The number of rotatable bonds is 6. The second-order valence-electron chi connectivity index (χ2n) is 4.58. The van der Waals surface area contributed by atoms with Crippen LogP contribution in [0.4, 0.5) is 5.82 Å². The quantitative estimate of drug-likeness (QED) is 0.846. The maximum Gasteiger partial charge on any atom is 0.264 e. The number of hydrogen-bond donors (Lipinski definition) is 2. The molecule has 0 bridgehead atoms. The van der Waals surface area contributed by atoms with Gasteiger partial charge in [-0.1, -0.05) is 0 Å². The lowest BCUT2D eigenvalue weighted by Gasteiger charge is -2.08. The van der Waals surface area contributed by atoms with Crippen LogP contribution in [0.2, 0.25) is 0 Å². The lowest BCUT2D eigenvalue weighted by atomic mass is 10.4. The first-order valence-electron chi connectivity index (χ1n) is 6.25. The van der Waals surface area contributed by atoms with Crippen LogP contribution in [0.25, 0.3) is 0 Å². The van der Waals surface area contributed by atoms with E-state index in [1.807, 2.05) is 0 Å². The molecule has 0 amide bonds. The molecular weight excluding hydrogens is 296 g/mol. The van der Waals surface area contributed by atoms with Crippen molar-refractivity contribution in [3.05, 3.63) is 34.7 Å². The smallest absolute Gasteiger partial charge is 0.264 e. The van der Waals surface area contributed by atoms with E-state index < -0.39 is 10.0 Å². The van der Waals surface area contributed by atoms with E-state index in [1.165, 1.54) is 30.4 Å². The van der Waals surface area contributed by atoms with Crippen molar-refractivity contribution in [2.75, 3.05) is 4.72 Å². The fourth-order valence-electron chi connectivity index (χ4n) is 1.77. The first-order chi connectivity index (χ1) is 9.65. The van der Waals surface area contributed by atoms with Crippen LogP contribution in [-0.4, -0.2) is 24.7 Å². The molecule has 0 aliphatic heterocycles. The Morgan fingerprint density at radius 2 is 2.20 bits per heavy atom. The Morgan fingerprint density at radius 3 is 2.90 bits per heavy atom. The molecule has 6 nitrogen and oxygen atoms in total. The van der Waals surface area contributed by atoms with Gasteiger partial charge in [0.05, 0.1) is 0 Å². The zero-order chi connectivity index (χ0) is 14.0. The van der Waals surface area contributed by atoms with Gasteiger partial charge in [0.15, 0.2) is 5.82 Å². The van der Waals surface area contributed by atoms with Crippen LogP contribution in [0.5, 0.6) is 0 Å². The van der Waals surface area contributed by atoms with Gasteiger partial charge in [0.1, 0.15) is 4.90 Å². The first-order valence-corrected chi connectivity index (χ1v) is 8.62. The van der Waals surface area contributed by atoms with Gasteiger partial charge in [0.25, 0.3) is 10.0 Å². The predicted octanol–water partition coefficient (Wildman–Crippen LogP) is 1.59. The molecular formula is C12H14N4O2S2. The number of hydrogen-bond acceptors (Lipinski definition) is 6. The molecule has 2 N–H and O–H groups in total. The third-order valence-electron chi connectivity index (χ3n) is 2.93. The van der Waals surface area contributed by atoms with E-state index in [1.54, 1.807) is 23.6 Å². The summed E-state index contributed by atoms with van der Waals surface area (Å²) in [7, 11) is -3.61. The zero-order valence-corrected chi connectivity index (χ0v) is 12.2. The largest absolute Gasteiger partial charge is 0.309 e. The normalized spacial score (nSPS) is 15.2. The third kappa shape index (κ3) is 3.14. The SMILES string of the molecule is O=S(=O)(Nc1cccnn1)c1ccsc1CNC1CC1. The van der Waals surface area contributed by atoms with Crippen LogP contribution in [-0.2, 0) is 16.6 Å². The molecule has 0 unspecified atom stereocenters. The van der Waals surface area contributed by atoms with Crippen molar-refractivity contribution in [2.24, 2.45) is 0 Å². The van der Waals surface area contributed by atoms with Gasteiger partial charge in [-0.3, -0.25) is 4.72 Å². The van der Waals surface area contributed by atoms with Crippen LogP contribution < -0.4 is 10.0 Å². The molecule has 1 saturated carbocycles. The Balaban J connectivity index is 1.78. The molecule has 1 aliphatic carbocycles. The van der Waals surface area contributed by atoms with Gasteiger partial charge in [-0.15, -0.1) is 16.4 Å². The van der Waals surface area contributed by atoms with Crippen molar-refractivity contribution in [3.8, 4) is 0 Å². The highest BCUT2D eigenvalue weighted by molar-refractivity contribution is 7.92. The van der Waals surface area contributed by atoms with Gasteiger partial charge < -0.3 is 5.32 Å². The van der Waals surface area contributed by atoms with E-state index in [0.717, 1.165) is 4.88 Å². The molecule has 0 radical (unpaired) electrons. The van der Waals surface area contributed by atoms with Crippen molar-refractivity contribution < 1.29 is 8.42 Å². The molecule has 20 heavy (non-hydrogen) atoms. The predicted molar refractivity (Wildman–Crippen MR) is 77.0 cm³/mol. The summed E-state index contributed by atoms with van der Waals surface area (Å²) in [6, 6.07) is 5.36. The van der Waals surface area contributed by atoms with Crippen molar-refractivity contribution in [2.45, 2.75) is 30.3 Å². The Kier molecular flexibility index (Phi) is 3.68. The van der Waals surface area contributed by atoms with Crippen molar-refractivity contribution in [1.82, 2.24) is 15.5 Å². The molecule has 1 aliphatic rings. The number of sulfonamides is 1. The lowest BCUT2D eigenvalue weighted by Crippen LogP contribution is -2.19. The summed E-state index contributed by atoms with van der Waals surface area (Å²) in [6.45, 7) is 0.582. The van der Waals surface area contributed by atoms with E-state index in [9.17, 15) is 8.42 Å². The number of anilines is 1. The number of thiophene rings is 1. The second kappa shape index (κ2) is 5.47. The van der Waals surface area contributed by atoms with Crippen LogP contribution >= 0.6 is 11.3 Å². The highest BCUT2D eigenvalue weighted by Gasteiger charge is 2.24. The van der Waals surface area contributed by atoms with Gasteiger partial charge in [0.2, 0.25) is 0 Å². The Morgan fingerprint density at radius 1 is 1.35 bits per heavy atom. The lowest BCUT2D eigenvalue weighted by molar-refractivity contribution is 0.598. The fourth-order valence-corrected chi connectivity index (χ4v) is 4.16. The van der Waals surface area contributed by atoms with Gasteiger partial charge in [-0.25, -0.2) is 8.42 Å². The first kappa shape index (κ1) is 13.5. The molecule has 0 aromatic carbocycles. The van der Waals surface area contributed by atoms with Crippen molar-refractivity contribution >= 4 is 27.2 Å². The topological polar surface area (TPSA) is 84.0 Å². The Bertz CT molecular complexity index is 680. The summed E-state index contributed by atoms with van der Waals surface area (Å²) < 4.78 is 27.1. The molecule has 0 spiro atoms. The fraction of sp³-hybridized carbons (Fsp3) is 0.333. The number of nitrogens with one attached hydrogen (secondary N) is 2. The van der Waals surface area contributed by atoms with E-state index in [4.69, 9.17) is 0 Å². The minimum Gasteiger partial charge on any atom is -0.309 e. The van der Waals surface area contributed by atoms with Crippen LogP contribution in [0.15, 0.2) is 34.7 Å². The van der Waals surface area contributed by atoms with Crippen molar-refractivity contribution in [1.29, 1.82) is 0 Å². The molecule has 1 fully saturated rings. The van der Waals surface area contributed by atoms with E-state index in [-0.39, 0.29) is 5.82 Å². The van der Waals surface area contributed by atoms with E-state index in [0.29, 0.717) is 17.5 Å². The maximum absolute atomic E-state index is 12.3. The molecule has 0 atom stereocenters.